The smallest absolute Gasteiger partial charge is 0.270 e. The average molecular weight is 383 g/mol. The molecule has 0 fully saturated rings. The number of aryl methyl sites for hydroxylation is 1. The zero-order valence-electron chi connectivity index (χ0n) is 15.6. The normalized spacial score (nSPS) is 11.6. The Hall–Kier alpha value is -4.06. The van der Waals surface area contributed by atoms with Crippen LogP contribution in [0.1, 0.15) is 11.1 Å². The lowest BCUT2D eigenvalue weighted by atomic mass is 10.2. The number of hydrogen-bond acceptors (Lipinski definition) is 5. The van der Waals surface area contributed by atoms with E-state index in [2.05, 4.69) is 9.98 Å². The zero-order valence-corrected chi connectivity index (χ0v) is 15.6. The highest BCUT2D eigenvalue weighted by Crippen LogP contribution is 2.26. The number of benzene rings is 3. The third-order valence-electron chi connectivity index (χ3n) is 4.34. The minimum absolute atomic E-state index is 0.0639. The summed E-state index contributed by atoms with van der Waals surface area (Å²) < 4.78 is 5.81. The molecule has 0 aliphatic rings. The van der Waals surface area contributed by atoms with Gasteiger partial charge < -0.3 is 4.42 Å². The lowest BCUT2D eigenvalue weighted by Crippen LogP contribution is -1.87. The van der Waals surface area contributed by atoms with Crippen LogP contribution in [-0.2, 0) is 0 Å². The number of nitrogens with zero attached hydrogens (tertiary/aromatic N) is 3. The Bertz CT molecular complexity index is 1240. The number of rotatable bonds is 5. The van der Waals surface area contributed by atoms with Gasteiger partial charge in [-0.2, -0.15) is 0 Å². The van der Waals surface area contributed by atoms with Gasteiger partial charge in [-0.15, -0.1) is 0 Å². The molecule has 6 heteroatoms. The predicted molar refractivity (Wildman–Crippen MR) is 114 cm³/mol. The third-order valence-corrected chi connectivity index (χ3v) is 4.34. The van der Waals surface area contributed by atoms with Crippen molar-refractivity contribution in [1.29, 1.82) is 0 Å². The summed E-state index contributed by atoms with van der Waals surface area (Å²) in [5.74, 6) is 0.576. The van der Waals surface area contributed by atoms with Gasteiger partial charge in [-0.1, -0.05) is 24.3 Å². The van der Waals surface area contributed by atoms with Gasteiger partial charge in [0.1, 0.15) is 5.52 Å². The summed E-state index contributed by atoms with van der Waals surface area (Å²) in [6.07, 6.45) is 5.16. The molecule has 3 aromatic carbocycles. The fraction of sp³-hybridized carbons (Fsp3) is 0.0435. The summed E-state index contributed by atoms with van der Waals surface area (Å²) in [5.41, 5.74) is 5.21. The number of fused-ring (bicyclic) bond motifs is 1. The first-order valence-corrected chi connectivity index (χ1v) is 9.01. The molecule has 0 saturated carbocycles. The van der Waals surface area contributed by atoms with E-state index in [0.717, 1.165) is 33.5 Å². The number of nitro benzene ring substituents is 1. The van der Waals surface area contributed by atoms with Crippen molar-refractivity contribution in [3.63, 3.8) is 0 Å². The molecule has 0 saturated heterocycles. The molecular weight excluding hydrogens is 366 g/mol. The highest BCUT2D eigenvalue weighted by Gasteiger charge is 2.08. The van der Waals surface area contributed by atoms with E-state index in [1.807, 2.05) is 49.4 Å². The van der Waals surface area contributed by atoms with E-state index in [9.17, 15) is 10.1 Å². The lowest BCUT2D eigenvalue weighted by Gasteiger charge is -1.96. The first-order valence-electron chi connectivity index (χ1n) is 9.01. The number of aliphatic imine (C=N–C) groups is 1. The second-order valence-electron chi connectivity index (χ2n) is 6.53. The quantitative estimate of drug-likeness (QED) is 0.236. The fourth-order valence-corrected chi connectivity index (χ4v) is 2.88. The van der Waals surface area contributed by atoms with Crippen LogP contribution in [0.25, 0.3) is 28.6 Å². The molecule has 0 aliphatic carbocycles. The van der Waals surface area contributed by atoms with Crippen LogP contribution < -0.4 is 0 Å². The van der Waals surface area contributed by atoms with Gasteiger partial charge in [-0.05, 0) is 60.5 Å². The fourth-order valence-electron chi connectivity index (χ4n) is 2.88. The van der Waals surface area contributed by atoms with Crippen molar-refractivity contribution >= 4 is 34.8 Å². The molecule has 1 heterocycles. The van der Waals surface area contributed by atoms with E-state index < -0.39 is 4.92 Å². The van der Waals surface area contributed by atoms with Gasteiger partial charge in [0.2, 0.25) is 5.89 Å². The summed E-state index contributed by atoms with van der Waals surface area (Å²) >= 11 is 0. The lowest BCUT2D eigenvalue weighted by molar-refractivity contribution is -0.384. The van der Waals surface area contributed by atoms with Crippen LogP contribution in [0.15, 0.2) is 82.2 Å². The van der Waals surface area contributed by atoms with Crippen molar-refractivity contribution in [2.24, 2.45) is 4.99 Å². The molecule has 4 rings (SSSR count). The monoisotopic (exact) mass is 383 g/mol. The molecule has 0 spiro atoms. The number of allylic oxidation sites excluding steroid dienone is 1. The second-order valence-corrected chi connectivity index (χ2v) is 6.53. The van der Waals surface area contributed by atoms with Crippen molar-refractivity contribution in [2.45, 2.75) is 6.92 Å². The third kappa shape index (κ3) is 4.27. The number of nitro groups is 1. The van der Waals surface area contributed by atoms with Gasteiger partial charge >= 0.3 is 0 Å². The van der Waals surface area contributed by atoms with Crippen LogP contribution in [-0.4, -0.2) is 16.1 Å². The van der Waals surface area contributed by atoms with E-state index in [1.165, 1.54) is 12.1 Å². The summed E-state index contributed by atoms with van der Waals surface area (Å²) in [6.45, 7) is 2.02. The van der Waals surface area contributed by atoms with Gasteiger partial charge in [-0.3, -0.25) is 15.1 Å². The summed E-state index contributed by atoms with van der Waals surface area (Å²) in [6, 6.07) is 19.9. The van der Waals surface area contributed by atoms with Crippen LogP contribution in [0.5, 0.6) is 0 Å². The summed E-state index contributed by atoms with van der Waals surface area (Å²) in [7, 11) is 0. The Kier molecular flexibility index (Phi) is 4.99. The molecule has 1 aromatic heterocycles. The van der Waals surface area contributed by atoms with Gasteiger partial charge in [0.25, 0.3) is 5.69 Å². The topological polar surface area (TPSA) is 81.5 Å². The molecule has 142 valence electrons. The largest absolute Gasteiger partial charge is 0.436 e. The van der Waals surface area contributed by atoms with Gasteiger partial charge in [0.05, 0.1) is 10.6 Å². The molecule has 0 atom stereocenters. The molecule has 6 nitrogen and oxygen atoms in total. The van der Waals surface area contributed by atoms with Crippen LogP contribution in [0, 0.1) is 17.0 Å². The predicted octanol–water partition coefficient (Wildman–Crippen LogP) is 6.13. The van der Waals surface area contributed by atoms with Crippen LogP contribution in [0.2, 0.25) is 0 Å². The molecule has 0 amide bonds. The summed E-state index contributed by atoms with van der Waals surface area (Å²) in [4.78, 5) is 19.3. The minimum atomic E-state index is -0.412. The van der Waals surface area contributed by atoms with Crippen LogP contribution in [0.3, 0.4) is 0 Å². The molecular formula is C23H17N3O3. The van der Waals surface area contributed by atoms with E-state index >= 15 is 0 Å². The Balaban J connectivity index is 1.46. The minimum Gasteiger partial charge on any atom is -0.436 e. The van der Waals surface area contributed by atoms with Crippen molar-refractivity contribution in [3.8, 4) is 11.5 Å². The maximum atomic E-state index is 10.8. The SMILES string of the molecule is Cc1ccc2oc(-c3ccc(N=C/C=C/c4cccc([N+](=O)[O-])c4)cc3)nc2c1. The van der Waals surface area contributed by atoms with E-state index in [0.29, 0.717) is 5.89 Å². The zero-order chi connectivity index (χ0) is 20.2. The molecule has 0 unspecified atom stereocenters. The van der Waals surface area contributed by atoms with Crippen molar-refractivity contribution < 1.29 is 9.34 Å². The standard InChI is InChI=1S/C23H17N3O3/c1-16-7-12-22-21(14-16)25-23(29-22)18-8-10-19(11-9-18)24-13-3-5-17-4-2-6-20(15-17)26(27)28/h2-15H,1H3/b5-3+,24-13?. The maximum absolute atomic E-state index is 10.8. The second kappa shape index (κ2) is 7.90. The average Bonchev–Trinajstić information content (AvgIpc) is 3.15. The van der Waals surface area contributed by atoms with Gasteiger partial charge in [-0.25, -0.2) is 4.98 Å². The van der Waals surface area contributed by atoms with E-state index in [4.69, 9.17) is 4.42 Å². The summed E-state index contributed by atoms with van der Waals surface area (Å²) in [5, 5.41) is 10.8. The van der Waals surface area contributed by atoms with Gasteiger partial charge in [0.15, 0.2) is 5.58 Å². The number of oxazole rings is 1. The first kappa shape index (κ1) is 18.3. The molecule has 0 N–H and O–H groups in total. The van der Waals surface area contributed by atoms with Crippen molar-refractivity contribution in [3.05, 3.63) is 94.0 Å². The molecule has 4 aromatic rings. The highest BCUT2D eigenvalue weighted by atomic mass is 16.6. The van der Waals surface area contributed by atoms with E-state index in [-0.39, 0.29) is 5.69 Å². The Labute approximate surface area is 167 Å². The van der Waals surface area contributed by atoms with Crippen LogP contribution in [0.4, 0.5) is 11.4 Å². The van der Waals surface area contributed by atoms with Crippen molar-refractivity contribution in [2.75, 3.05) is 0 Å². The Morgan fingerprint density at radius 2 is 1.90 bits per heavy atom. The van der Waals surface area contributed by atoms with Crippen molar-refractivity contribution in [1.82, 2.24) is 4.98 Å². The highest BCUT2D eigenvalue weighted by molar-refractivity contribution is 5.81. The first-order chi connectivity index (χ1) is 14.1. The van der Waals surface area contributed by atoms with Gasteiger partial charge in [0, 0.05) is 23.9 Å². The molecule has 29 heavy (non-hydrogen) atoms. The molecule has 0 aliphatic heterocycles. The number of hydrogen-bond donors (Lipinski definition) is 0. The number of non-ortho nitro benzene ring substituents is 1. The molecule has 0 radical (unpaired) electrons. The Morgan fingerprint density at radius 1 is 1.07 bits per heavy atom. The number of aromatic nitrogens is 1. The Morgan fingerprint density at radius 3 is 2.69 bits per heavy atom. The van der Waals surface area contributed by atoms with E-state index in [1.54, 1.807) is 30.5 Å². The van der Waals surface area contributed by atoms with Crippen LogP contribution >= 0.6 is 0 Å². The molecule has 0 bridgehead atoms. The maximum Gasteiger partial charge on any atom is 0.270 e.